The maximum Gasteiger partial charge on any atom is 0.159 e. The quantitative estimate of drug-likeness (QED) is 0.854. The summed E-state index contributed by atoms with van der Waals surface area (Å²) in [6.07, 6.45) is 0. The summed E-state index contributed by atoms with van der Waals surface area (Å²) in [6, 6.07) is 7.82. The van der Waals surface area contributed by atoms with E-state index in [-0.39, 0.29) is 17.3 Å². The van der Waals surface area contributed by atoms with Crippen LogP contribution in [0.15, 0.2) is 39.6 Å². The van der Waals surface area contributed by atoms with Gasteiger partial charge in [0.2, 0.25) is 0 Å². The second-order valence-corrected chi connectivity index (χ2v) is 7.64. The molecular formula is C13H14O3S2. The van der Waals surface area contributed by atoms with Gasteiger partial charge in [-0.05, 0) is 26.0 Å². The second kappa shape index (κ2) is 4.90. The van der Waals surface area contributed by atoms with Gasteiger partial charge >= 0.3 is 0 Å². The lowest BCUT2D eigenvalue weighted by Gasteiger charge is -2.03. The molecule has 1 aromatic carbocycles. The van der Waals surface area contributed by atoms with E-state index in [2.05, 4.69) is 0 Å². The zero-order valence-corrected chi connectivity index (χ0v) is 11.9. The highest BCUT2D eigenvalue weighted by atomic mass is 32.2. The third kappa shape index (κ3) is 3.03. The molecule has 0 saturated carbocycles. The van der Waals surface area contributed by atoms with Gasteiger partial charge in [-0.2, -0.15) is 0 Å². The summed E-state index contributed by atoms with van der Waals surface area (Å²) in [6.45, 7) is 3.42. The highest BCUT2D eigenvalue weighted by molar-refractivity contribution is 8.05. The summed E-state index contributed by atoms with van der Waals surface area (Å²) in [5.41, 5.74) is 1.60. The largest absolute Gasteiger partial charge is 0.295 e. The van der Waals surface area contributed by atoms with Crippen LogP contribution in [0.2, 0.25) is 0 Å². The first-order chi connectivity index (χ1) is 8.37. The average molecular weight is 282 g/mol. The Morgan fingerprint density at radius 1 is 1.17 bits per heavy atom. The lowest BCUT2D eigenvalue weighted by atomic mass is 10.2. The van der Waals surface area contributed by atoms with Crippen LogP contribution in [0.4, 0.5) is 0 Å². The van der Waals surface area contributed by atoms with E-state index in [0.717, 1.165) is 10.5 Å². The molecule has 0 aromatic heterocycles. The zero-order valence-electron chi connectivity index (χ0n) is 10.3. The lowest BCUT2D eigenvalue weighted by molar-refractivity contribution is -0.113. The molecule has 0 fully saturated rings. The zero-order chi connectivity index (χ0) is 13.3. The van der Waals surface area contributed by atoms with Crippen molar-refractivity contribution < 1.29 is 13.2 Å². The Labute approximate surface area is 111 Å². The standard InChI is InChI=1S/C13H14O3S2/c1-9-3-5-11(6-4-9)17-13-8-18(15,16)7-12(13)10(2)14/h3-6H,7-8H2,1-2H3. The Morgan fingerprint density at radius 3 is 2.33 bits per heavy atom. The Balaban J connectivity index is 2.28. The van der Waals surface area contributed by atoms with E-state index in [1.54, 1.807) is 0 Å². The van der Waals surface area contributed by atoms with E-state index in [4.69, 9.17) is 0 Å². The van der Waals surface area contributed by atoms with Crippen LogP contribution in [0.5, 0.6) is 0 Å². The lowest BCUT2D eigenvalue weighted by Crippen LogP contribution is -2.06. The van der Waals surface area contributed by atoms with Crippen LogP contribution in [0.25, 0.3) is 0 Å². The van der Waals surface area contributed by atoms with Crippen molar-refractivity contribution in [2.24, 2.45) is 0 Å². The van der Waals surface area contributed by atoms with E-state index in [1.807, 2.05) is 31.2 Å². The van der Waals surface area contributed by atoms with Gasteiger partial charge in [-0.3, -0.25) is 4.79 Å². The van der Waals surface area contributed by atoms with E-state index < -0.39 is 9.84 Å². The number of carbonyl (C=O) groups excluding carboxylic acids is 1. The van der Waals surface area contributed by atoms with Gasteiger partial charge in [0.15, 0.2) is 15.6 Å². The van der Waals surface area contributed by atoms with Gasteiger partial charge in [-0.1, -0.05) is 29.5 Å². The van der Waals surface area contributed by atoms with Gasteiger partial charge in [0, 0.05) is 15.4 Å². The first-order valence-electron chi connectivity index (χ1n) is 5.55. The van der Waals surface area contributed by atoms with Gasteiger partial charge in [0.1, 0.15) is 0 Å². The van der Waals surface area contributed by atoms with Crippen molar-refractivity contribution in [2.75, 3.05) is 11.5 Å². The number of rotatable bonds is 3. The van der Waals surface area contributed by atoms with Crippen LogP contribution in [0.3, 0.4) is 0 Å². The van der Waals surface area contributed by atoms with Crippen molar-refractivity contribution in [3.05, 3.63) is 40.3 Å². The topological polar surface area (TPSA) is 51.2 Å². The van der Waals surface area contributed by atoms with Gasteiger partial charge < -0.3 is 0 Å². The summed E-state index contributed by atoms with van der Waals surface area (Å²) < 4.78 is 23.2. The van der Waals surface area contributed by atoms with Crippen molar-refractivity contribution >= 4 is 27.4 Å². The van der Waals surface area contributed by atoms with Gasteiger partial charge in [-0.15, -0.1) is 0 Å². The van der Waals surface area contributed by atoms with E-state index in [0.29, 0.717) is 10.5 Å². The minimum atomic E-state index is -3.13. The Morgan fingerprint density at radius 2 is 1.78 bits per heavy atom. The van der Waals surface area contributed by atoms with Gasteiger partial charge in [0.25, 0.3) is 0 Å². The molecule has 1 heterocycles. The summed E-state index contributed by atoms with van der Waals surface area (Å²) in [5.74, 6) is -0.276. The van der Waals surface area contributed by atoms with Crippen molar-refractivity contribution in [2.45, 2.75) is 18.7 Å². The molecule has 18 heavy (non-hydrogen) atoms. The fourth-order valence-corrected chi connectivity index (χ4v) is 5.03. The third-order valence-electron chi connectivity index (χ3n) is 2.74. The second-order valence-electron chi connectivity index (χ2n) is 4.41. The van der Waals surface area contributed by atoms with Crippen molar-refractivity contribution in [3.63, 3.8) is 0 Å². The molecule has 0 bridgehead atoms. The average Bonchev–Trinajstić information content (AvgIpc) is 2.57. The summed E-state index contributed by atoms with van der Waals surface area (Å²) in [5, 5.41) is 0. The number of ketones is 1. The Kier molecular flexibility index (Phi) is 3.64. The number of thioether (sulfide) groups is 1. The van der Waals surface area contributed by atoms with Crippen LogP contribution < -0.4 is 0 Å². The van der Waals surface area contributed by atoms with Crippen LogP contribution in [-0.2, 0) is 14.6 Å². The molecule has 1 aliphatic rings. The minimum Gasteiger partial charge on any atom is -0.295 e. The fourth-order valence-electron chi connectivity index (χ4n) is 1.78. The number of sulfone groups is 1. The monoisotopic (exact) mass is 282 g/mol. The van der Waals surface area contributed by atoms with Crippen LogP contribution in [-0.4, -0.2) is 25.7 Å². The SMILES string of the molecule is CC(=O)C1=C(Sc2ccc(C)cc2)CS(=O)(=O)C1. The first-order valence-corrected chi connectivity index (χ1v) is 8.19. The third-order valence-corrected chi connectivity index (χ3v) is 5.52. The van der Waals surface area contributed by atoms with Crippen molar-refractivity contribution in [1.29, 1.82) is 0 Å². The molecule has 1 aromatic rings. The Hall–Kier alpha value is -1.07. The molecule has 0 unspecified atom stereocenters. The molecule has 96 valence electrons. The molecule has 0 radical (unpaired) electrons. The molecule has 0 atom stereocenters. The first kappa shape index (κ1) is 13.4. The highest BCUT2D eigenvalue weighted by Crippen LogP contribution is 2.35. The van der Waals surface area contributed by atoms with Gasteiger partial charge in [-0.25, -0.2) is 8.42 Å². The molecular weight excluding hydrogens is 268 g/mol. The maximum absolute atomic E-state index is 11.6. The number of hydrogen-bond acceptors (Lipinski definition) is 4. The maximum atomic E-state index is 11.6. The normalized spacial score (nSPS) is 18.1. The van der Waals surface area contributed by atoms with E-state index >= 15 is 0 Å². The number of hydrogen-bond donors (Lipinski definition) is 0. The van der Waals surface area contributed by atoms with E-state index in [9.17, 15) is 13.2 Å². The summed E-state index contributed by atoms with van der Waals surface area (Å²) in [4.78, 5) is 13.1. The number of benzene rings is 1. The molecule has 5 heteroatoms. The van der Waals surface area contributed by atoms with Crippen LogP contribution >= 0.6 is 11.8 Å². The number of aryl methyl sites for hydroxylation is 1. The predicted molar refractivity (Wildman–Crippen MR) is 73.4 cm³/mol. The van der Waals surface area contributed by atoms with E-state index in [1.165, 1.54) is 18.7 Å². The minimum absolute atomic E-state index is 0.0134. The molecule has 0 aliphatic carbocycles. The van der Waals surface area contributed by atoms with Crippen LogP contribution in [0, 0.1) is 6.92 Å². The molecule has 1 aliphatic heterocycles. The molecule has 3 nitrogen and oxygen atoms in total. The van der Waals surface area contributed by atoms with Crippen LogP contribution in [0.1, 0.15) is 12.5 Å². The molecule has 0 amide bonds. The molecule has 2 rings (SSSR count). The number of Topliss-reactive ketones (excluding diaryl/α,β-unsaturated/α-hetero) is 1. The predicted octanol–water partition coefficient (Wildman–Crippen LogP) is 2.36. The highest BCUT2D eigenvalue weighted by Gasteiger charge is 2.30. The Bertz CT molecular complexity index is 610. The molecule has 0 spiro atoms. The van der Waals surface area contributed by atoms with Crippen molar-refractivity contribution in [3.8, 4) is 0 Å². The molecule has 0 saturated heterocycles. The van der Waals surface area contributed by atoms with Crippen molar-refractivity contribution in [1.82, 2.24) is 0 Å². The fraction of sp³-hybridized carbons (Fsp3) is 0.308. The summed E-state index contributed by atoms with van der Waals surface area (Å²) in [7, 11) is -3.13. The number of carbonyl (C=O) groups is 1. The molecule has 0 N–H and O–H groups in total. The summed E-state index contributed by atoms with van der Waals surface area (Å²) >= 11 is 1.38. The van der Waals surface area contributed by atoms with Gasteiger partial charge in [0.05, 0.1) is 11.5 Å². The smallest absolute Gasteiger partial charge is 0.159 e.